The van der Waals surface area contributed by atoms with Gasteiger partial charge in [0, 0.05) is 17.8 Å². The van der Waals surface area contributed by atoms with E-state index in [0.29, 0.717) is 11.3 Å². The number of nitro groups is 1. The molecular formula is C19H16N2O6. The van der Waals surface area contributed by atoms with Crippen molar-refractivity contribution in [2.75, 3.05) is 11.5 Å². The number of amides is 1. The third-order valence-corrected chi connectivity index (χ3v) is 4.13. The van der Waals surface area contributed by atoms with Crippen molar-refractivity contribution in [2.24, 2.45) is 0 Å². The first-order valence-electron chi connectivity index (χ1n) is 8.19. The van der Waals surface area contributed by atoms with E-state index in [1.54, 1.807) is 43.3 Å². The van der Waals surface area contributed by atoms with Crippen molar-refractivity contribution in [3.63, 3.8) is 0 Å². The molecule has 0 aliphatic carbocycles. The fourth-order valence-electron chi connectivity index (χ4n) is 3.00. The minimum atomic E-state index is -1.04. The van der Waals surface area contributed by atoms with Gasteiger partial charge in [-0.25, -0.2) is 4.79 Å². The molecule has 3 rings (SSSR count). The molecule has 0 saturated carbocycles. The highest BCUT2D eigenvalue weighted by Gasteiger charge is 2.45. The van der Waals surface area contributed by atoms with Crippen molar-refractivity contribution in [2.45, 2.75) is 13.0 Å². The zero-order valence-corrected chi connectivity index (χ0v) is 14.4. The molecule has 8 nitrogen and oxygen atoms in total. The van der Waals surface area contributed by atoms with Crippen molar-refractivity contribution in [3.05, 3.63) is 81.6 Å². The van der Waals surface area contributed by atoms with Crippen molar-refractivity contribution >= 4 is 23.3 Å². The Hall–Kier alpha value is -3.68. The number of aliphatic hydroxyl groups excluding tert-OH is 1. The Morgan fingerprint density at radius 2 is 1.93 bits per heavy atom. The number of nitro benzene ring substituents is 1. The number of carbonyl (C=O) groups excluding carboxylic acids is 2. The van der Waals surface area contributed by atoms with Crippen LogP contribution in [0.15, 0.2) is 65.9 Å². The number of carbonyl (C=O) groups is 2. The molecule has 0 spiro atoms. The third kappa shape index (κ3) is 3.24. The summed E-state index contributed by atoms with van der Waals surface area (Å²) in [7, 11) is 0. The maximum Gasteiger partial charge on any atom is 0.340 e. The first-order valence-corrected chi connectivity index (χ1v) is 8.19. The summed E-state index contributed by atoms with van der Waals surface area (Å²) >= 11 is 0. The highest BCUT2D eigenvalue weighted by Crippen LogP contribution is 2.41. The quantitative estimate of drug-likeness (QED) is 0.493. The molecule has 2 aromatic carbocycles. The lowest BCUT2D eigenvalue weighted by Crippen LogP contribution is -2.31. The predicted molar refractivity (Wildman–Crippen MR) is 96.1 cm³/mol. The summed E-state index contributed by atoms with van der Waals surface area (Å²) in [6.07, 6.45) is 0. The first-order chi connectivity index (χ1) is 13.0. The molecule has 0 bridgehead atoms. The molecule has 0 fully saturated rings. The molecular weight excluding hydrogens is 352 g/mol. The minimum Gasteiger partial charge on any atom is -0.503 e. The Bertz CT molecular complexity index is 938. The number of esters is 1. The van der Waals surface area contributed by atoms with Gasteiger partial charge in [-0.05, 0) is 24.6 Å². The molecule has 2 aromatic rings. The lowest BCUT2D eigenvalue weighted by molar-refractivity contribution is -0.384. The molecule has 8 heteroatoms. The second kappa shape index (κ2) is 7.28. The molecule has 27 heavy (non-hydrogen) atoms. The lowest BCUT2D eigenvalue weighted by atomic mass is 9.98. The number of para-hydroxylation sites is 1. The molecule has 1 amide bonds. The van der Waals surface area contributed by atoms with Crippen molar-refractivity contribution in [1.29, 1.82) is 0 Å². The van der Waals surface area contributed by atoms with Crippen molar-refractivity contribution < 1.29 is 24.4 Å². The van der Waals surface area contributed by atoms with Crippen LogP contribution in [-0.2, 0) is 14.3 Å². The normalized spacial score (nSPS) is 16.6. The maximum atomic E-state index is 12.7. The number of hydrogen-bond acceptors (Lipinski definition) is 6. The molecule has 138 valence electrons. The Morgan fingerprint density at radius 3 is 2.56 bits per heavy atom. The SMILES string of the molecule is CCOC(=O)C1=C(O)C(=O)N(c2ccccc2)[C@@H]1c1cccc([N+](=O)[O-])c1. The van der Waals surface area contributed by atoms with Crippen LogP contribution in [0, 0.1) is 10.1 Å². The van der Waals surface area contributed by atoms with Gasteiger partial charge in [-0.15, -0.1) is 0 Å². The zero-order chi connectivity index (χ0) is 19.6. The van der Waals surface area contributed by atoms with Crippen LogP contribution in [0.1, 0.15) is 18.5 Å². The third-order valence-electron chi connectivity index (χ3n) is 4.13. The Morgan fingerprint density at radius 1 is 1.22 bits per heavy atom. The maximum absolute atomic E-state index is 12.7. The van der Waals surface area contributed by atoms with Gasteiger partial charge in [0.15, 0.2) is 5.76 Å². The molecule has 1 aliphatic rings. The van der Waals surface area contributed by atoms with Crippen LogP contribution in [0.4, 0.5) is 11.4 Å². The minimum absolute atomic E-state index is 0.0524. The number of non-ortho nitro benzene ring substituents is 1. The summed E-state index contributed by atoms with van der Waals surface area (Å²) < 4.78 is 4.99. The molecule has 1 aliphatic heterocycles. The van der Waals surface area contributed by atoms with E-state index in [-0.39, 0.29) is 17.9 Å². The smallest absolute Gasteiger partial charge is 0.340 e. The number of hydrogen-bond donors (Lipinski definition) is 1. The van der Waals surface area contributed by atoms with Crippen LogP contribution in [0.25, 0.3) is 0 Å². The number of rotatable bonds is 5. The molecule has 1 atom stereocenters. The van der Waals surface area contributed by atoms with E-state index in [1.807, 2.05) is 0 Å². The van der Waals surface area contributed by atoms with E-state index in [9.17, 15) is 24.8 Å². The fraction of sp³-hybridized carbons (Fsp3) is 0.158. The largest absolute Gasteiger partial charge is 0.503 e. The second-order valence-electron chi connectivity index (χ2n) is 5.75. The van der Waals surface area contributed by atoms with Gasteiger partial charge in [-0.2, -0.15) is 0 Å². The van der Waals surface area contributed by atoms with Gasteiger partial charge >= 0.3 is 5.97 Å². The predicted octanol–water partition coefficient (Wildman–Crippen LogP) is 3.06. The zero-order valence-electron chi connectivity index (χ0n) is 14.4. The van der Waals surface area contributed by atoms with E-state index in [2.05, 4.69) is 0 Å². The Labute approximate surface area is 154 Å². The van der Waals surface area contributed by atoms with Gasteiger partial charge in [0.2, 0.25) is 0 Å². The summed E-state index contributed by atoms with van der Waals surface area (Å²) in [5, 5.41) is 21.5. The van der Waals surface area contributed by atoms with E-state index in [1.165, 1.54) is 23.1 Å². The van der Waals surface area contributed by atoms with Crippen LogP contribution >= 0.6 is 0 Å². The van der Waals surface area contributed by atoms with Gasteiger partial charge < -0.3 is 9.84 Å². The topological polar surface area (TPSA) is 110 Å². The standard InChI is InChI=1S/C19H16N2O6/c1-2-27-19(24)15-16(12-7-6-10-14(11-12)21(25)26)20(18(23)17(15)22)13-8-4-3-5-9-13/h3-11,16,22H,2H2,1H3/t16-/m1/s1. The first kappa shape index (κ1) is 18.1. The van der Waals surface area contributed by atoms with Gasteiger partial charge in [0.05, 0.1) is 17.6 Å². The van der Waals surface area contributed by atoms with Crippen LogP contribution in [0.5, 0.6) is 0 Å². The number of ether oxygens (including phenoxy) is 1. The fourth-order valence-corrected chi connectivity index (χ4v) is 3.00. The van der Waals surface area contributed by atoms with Crippen LogP contribution in [0.3, 0.4) is 0 Å². The lowest BCUT2D eigenvalue weighted by Gasteiger charge is -2.26. The average molecular weight is 368 g/mol. The summed E-state index contributed by atoms with van der Waals surface area (Å²) in [5.41, 5.74) is 0.312. The molecule has 0 aromatic heterocycles. The average Bonchev–Trinajstić information content (AvgIpc) is 2.94. The van der Waals surface area contributed by atoms with Crippen LogP contribution < -0.4 is 4.90 Å². The highest BCUT2D eigenvalue weighted by molar-refractivity contribution is 6.15. The highest BCUT2D eigenvalue weighted by atomic mass is 16.6. The number of aliphatic hydroxyl groups is 1. The molecule has 1 heterocycles. The Kier molecular flexibility index (Phi) is 4.89. The van der Waals surface area contributed by atoms with Crippen molar-refractivity contribution in [1.82, 2.24) is 0 Å². The second-order valence-corrected chi connectivity index (χ2v) is 5.75. The van der Waals surface area contributed by atoms with Gasteiger partial charge in [-0.1, -0.05) is 30.3 Å². The summed E-state index contributed by atoms with van der Waals surface area (Å²) in [6.45, 7) is 1.65. The number of anilines is 1. The molecule has 0 unspecified atom stereocenters. The van der Waals surface area contributed by atoms with Crippen LogP contribution in [0.2, 0.25) is 0 Å². The van der Waals surface area contributed by atoms with Crippen molar-refractivity contribution in [3.8, 4) is 0 Å². The molecule has 0 saturated heterocycles. The number of nitrogens with zero attached hydrogens (tertiary/aromatic N) is 2. The van der Waals surface area contributed by atoms with E-state index in [4.69, 9.17) is 4.74 Å². The van der Waals surface area contributed by atoms with E-state index in [0.717, 1.165) is 0 Å². The Balaban J connectivity index is 2.18. The van der Waals surface area contributed by atoms with E-state index >= 15 is 0 Å². The summed E-state index contributed by atoms with van der Waals surface area (Å²) in [6, 6.07) is 13.0. The van der Waals surface area contributed by atoms with E-state index < -0.39 is 28.6 Å². The van der Waals surface area contributed by atoms with Gasteiger partial charge in [0.25, 0.3) is 11.6 Å². The molecule has 1 N–H and O–H groups in total. The monoisotopic (exact) mass is 368 g/mol. The number of benzene rings is 2. The van der Waals surface area contributed by atoms with Gasteiger partial charge in [-0.3, -0.25) is 19.8 Å². The van der Waals surface area contributed by atoms with Crippen LogP contribution in [-0.4, -0.2) is 28.5 Å². The summed E-state index contributed by atoms with van der Waals surface area (Å²) in [5.74, 6) is -2.35. The summed E-state index contributed by atoms with van der Waals surface area (Å²) in [4.78, 5) is 36.9. The van der Waals surface area contributed by atoms with Gasteiger partial charge in [0.1, 0.15) is 5.57 Å². The molecule has 0 radical (unpaired) electrons.